The Morgan fingerprint density at radius 3 is 2.68 bits per heavy atom. The molecule has 0 aromatic heterocycles. The fraction of sp³-hybridized carbons (Fsp3) is 0.650. The van der Waals surface area contributed by atoms with Crippen LogP contribution in [0.5, 0.6) is 5.75 Å². The van der Waals surface area contributed by atoms with Gasteiger partial charge in [0.05, 0.1) is 19.7 Å². The molecule has 2 fully saturated rings. The van der Waals surface area contributed by atoms with E-state index < -0.39 is 0 Å². The Bertz CT molecular complexity index is 582. The zero-order chi connectivity index (χ0) is 17.8. The summed E-state index contributed by atoms with van der Waals surface area (Å²) in [6.45, 7) is 7.50. The van der Waals surface area contributed by atoms with Gasteiger partial charge in [-0.2, -0.15) is 0 Å². The van der Waals surface area contributed by atoms with Gasteiger partial charge in [-0.05, 0) is 39.2 Å². The monoisotopic (exact) mass is 345 g/mol. The van der Waals surface area contributed by atoms with Crippen molar-refractivity contribution in [1.29, 1.82) is 0 Å². The van der Waals surface area contributed by atoms with E-state index in [-0.39, 0.29) is 11.9 Å². The Kier molecular flexibility index (Phi) is 5.97. The maximum absolute atomic E-state index is 13.1. The molecular weight excluding hydrogens is 314 g/mol. The van der Waals surface area contributed by atoms with Crippen molar-refractivity contribution in [3.05, 3.63) is 29.8 Å². The third kappa shape index (κ3) is 3.98. The van der Waals surface area contributed by atoms with E-state index in [9.17, 15) is 4.79 Å². The van der Waals surface area contributed by atoms with E-state index in [0.717, 1.165) is 43.8 Å². The summed E-state index contributed by atoms with van der Waals surface area (Å²) in [7, 11) is 1.71. The first kappa shape index (κ1) is 18.2. The SMILES string of the molecule is COc1ccccc1C1CNCCN1CC(=O)N1C(C)CCCC1C. The highest BCUT2D eigenvalue weighted by Crippen LogP contribution is 2.30. The number of ether oxygens (including phenoxy) is 1. The summed E-state index contributed by atoms with van der Waals surface area (Å²) >= 11 is 0. The molecule has 0 saturated carbocycles. The van der Waals surface area contributed by atoms with E-state index in [2.05, 4.69) is 35.0 Å². The topological polar surface area (TPSA) is 44.8 Å². The van der Waals surface area contributed by atoms with Gasteiger partial charge >= 0.3 is 0 Å². The van der Waals surface area contributed by atoms with Crippen LogP contribution in [0.1, 0.15) is 44.7 Å². The molecule has 5 heteroatoms. The van der Waals surface area contributed by atoms with Crippen LogP contribution in [-0.4, -0.2) is 61.1 Å². The van der Waals surface area contributed by atoms with Gasteiger partial charge in [0.1, 0.15) is 5.75 Å². The third-order valence-electron chi connectivity index (χ3n) is 5.67. The highest BCUT2D eigenvalue weighted by molar-refractivity contribution is 5.79. The molecule has 2 heterocycles. The number of rotatable bonds is 4. The molecule has 2 aliphatic heterocycles. The van der Waals surface area contributed by atoms with E-state index in [1.54, 1.807) is 7.11 Å². The second-order valence-corrected chi connectivity index (χ2v) is 7.36. The van der Waals surface area contributed by atoms with E-state index in [1.165, 1.54) is 6.42 Å². The van der Waals surface area contributed by atoms with Crippen molar-refractivity contribution >= 4 is 5.91 Å². The van der Waals surface area contributed by atoms with E-state index in [4.69, 9.17) is 4.74 Å². The van der Waals surface area contributed by atoms with Crippen molar-refractivity contribution in [3.63, 3.8) is 0 Å². The number of piperidine rings is 1. The number of para-hydroxylation sites is 1. The summed E-state index contributed by atoms with van der Waals surface area (Å²) in [5.74, 6) is 1.16. The van der Waals surface area contributed by atoms with Crippen molar-refractivity contribution in [2.75, 3.05) is 33.3 Å². The molecule has 0 aliphatic carbocycles. The molecule has 3 atom stereocenters. The Hall–Kier alpha value is -1.59. The van der Waals surface area contributed by atoms with E-state index >= 15 is 0 Å². The van der Waals surface area contributed by atoms with Gasteiger partial charge in [0, 0.05) is 37.3 Å². The number of hydrogen-bond acceptors (Lipinski definition) is 4. The lowest BCUT2D eigenvalue weighted by Crippen LogP contribution is -2.54. The summed E-state index contributed by atoms with van der Waals surface area (Å²) in [5, 5.41) is 3.46. The molecule has 0 spiro atoms. The molecule has 1 N–H and O–H groups in total. The number of benzene rings is 1. The number of carbonyl (C=O) groups excluding carboxylic acids is 1. The van der Waals surface area contributed by atoms with Crippen LogP contribution in [0.4, 0.5) is 0 Å². The van der Waals surface area contributed by atoms with Crippen LogP contribution in [-0.2, 0) is 4.79 Å². The van der Waals surface area contributed by atoms with Crippen molar-refractivity contribution in [2.24, 2.45) is 0 Å². The van der Waals surface area contributed by atoms with Crippen LogP contribution in [0.2, 0.25) is 0 Å². The number of piperazine rings is 1. The number of hydrogen-bond donors (Lipinski definition) is 1. The van der Waals surface area contributed by atoms with E-state index in [0.29, 0.717) is 18.6 Å². The van der Waals surface area contributed by atoms with Crippen LogP contribution in [0.3, 0.4) is 0 Å². The van der Waals surface area contributed by atoms with Gasteiger partial charge in [-0.3, -0.25) is 9.69 Å². The van der Waals surface area contributed by atoms with Gasteiger partial charge in [-0.1, -0.05) is 18.2 Å². The van der Waals surface area contributed by atoms with Crippen LogP contribution in [0.25, 0.3) is 0 Å². The zero-order valence-corrected chi connectivity index (χ0v) is 15.7. The molecular formula is C20H31N3O2. The molecule has 25 heavy (non-hydrogen) atoms. The minimum atomic E-state index is 0.171. The molecule has 138 valence electrons. The first-order chi connectivity index (χ1) is 12.1. The fourth-order valence-corrected chi connectivity index (χ4v) is 4.35. The van der Waals surface area contributed by atoms with Gasteiger partial charge in [0.25, 0.3) is 0 Å². The highest BCUT2D eigenvalue weighted by Gasteiger charge is 2.33. The lowest BCUT2D eigenvalue weighted by atomic mass is 9.97. The first-order valence-corrected chi connectivity index (χ1v) is 9.50. The smallest absolute Gasteiger partial charge is 0.237 e. The Morgan fingerprint density at radius 2 is 1.96 bits per heavy atom. The quantitative estimate of drug-likeness (QED) is 0.910. The number of carbonyl (C=O) groups is 1. The normalized spacial score (nSPS) is 28.0. The first-order valence-electron chi connectivity index (χ1n) is 9.50. The van der Waals surface area contributed by atoms with Gasteiger partial charge in [-0.15, -0.1) is 0 Å². The average molecular weight is 345 g/mol. The lowest BCUT2D eigenvalue weighted by Gasteiger charge is -2.42. The minimum absolute atomic E-state index is 0.171. The maximum atomic E-state index is 13.1. The predicted octanol–water partition coefficient (Wildman–Crippen LogP) is 2.43. The number of nitrogens with one attached hydrogen (secondary N) is 1. The molecule has 5 nitrogen and oxygen atoms in total. The molecule has 3 rings (SSSR count). The molecule has 0 radical (unpaired) electrons. The van der Waals surface area contributed by atoms with Crippen molar-refractivity contribution in [1.82, 2.24) is 15.1 Å². The van der Waals surface area contributed by atoms with Gasteiger partial charge in [-0.25, -0.2) is 0 Å². The summed E-state index contributed by atoms with van der Waals surface area (Å²) in [6.07, 6.45) is 3.46. The number of nitrogens with zero attached hydrogens (tertiary/aromatic N) is 2. The summed E-state index contributed by atoms with van der Waals surface area (Å²) in [4.78, 5) is 17.5. The third-order valence-corrected chi connectivity index (χ3v) is 5.67. The average Bonchev–Trinajstić information content (AvgIpc) is 2.62. The fourth-order valence-electron chi connectivity index (χ4n) is 4.35. The van der Waals surface area contributed by atoms with Crippen molar-refractivity contribution < 1.29 is 9.53 Å². The molecule has 1 aromatic carbocycles. The molecule has 1 amide bonds. The lowest BCUT2D eigenvalue weighted by molar-refractivity contribution is -0.139. The second-order valence-electron chi connectivity index (χ2n) is 7.36. The number of amides is 1. The van der Waals surface area contributed by atoms with Gasteiger partial charge in [0.2, 0.25) is 5.91 Å². The Labute approximate surface area is 151 Å². The summed E-state index contributed by atoms with van der Waals surface area (Å²) < 4.78 is 5.55. The largest absolute Gasteiger partial charge is 0.496 e. The van der Waals surface area contributed by atoms with Crippen LogP contribution in [0.15, 0.2) is 24.3 Å². The Morgan fingerprint density at radius 1 is 1.24 bits per heavy atom. The van der Waals surface area contributed by atoms with Crippen LogP contribution in [0, 0.1) is 0 Å². The number of methoxy groups -OCH3 is 1. The molecule has 0 bridgehead atoms. The van der Waals surface area contributed by atoms with Gasteiger partial charge in [0.15, 0.2) is 0 Å². The van der Waals surface area contributed by atoms with Gasteiger partial charge < -0.3 is 15.0 Å². The zero-order valence-electron chi connectivity index (χ0n) is 15.7. The predicted molar refractivity (Wildman–Crippen MR) is 99.8 cm³/mol. The highest BCUT2D eigenvalue weighted by atomic mass is 16.5. The summed E-state index contributed by atoms with van der Waals surface area (Å²) in [5.41, 5.74) is 1.16. The maximum Gasteiger partial charge on any atom is 0.237 e. The molecule has 1 aromatic rings. The van der Waals surface area contributed by atoms with Crippen molar-refractivity contribution in [3.8, 4) is 5.75 Å². The molecule has 2 saturated heterocycles. The molecule has 3 unspecified atom stereocenters. The second kappa shape index (κ2) is 8.19. The number of likely N-dealkylation sites (tertiary alicyclic amines) is 1. The van der Waals surface area contributed by atoms with Crippen LogP contribution >= 0.6 is 0 Å². The molecule has 2 aliphatic rings. The Balaban J connectivity index is 1.76. The minimum Gasteiger partial charge on any atom is -0.496 e. The van der Waals surface area contributed by atoms with E-state index in [1.807, 2.05) is 18.2 Å². The summed E-state index contributed by atoms with van der Waals surface area (Å²) in [6, 6.07) is 9.02. The van der Waals surface area contributed by atoms with Crippen LogP contribution < -0.4 is 10.1 Å². The van der Waals surface area contributed by atoms with Crippen molar-refractivity contribution in [2.45, 2.75) is 51.2 Å². The standard InChI is InChI=1S/C20H31N3O2/c1-15-7-6-8-16(2)23(15)20(24)14-22-12-11-21-13-18(22)17-9-4-5-10-19(17)25-3/h4-5,9-10,15-16,18,21H,6-8,11-14H2,1-3H3.